The minimum Gasteiger partial charge on any atom is -0.339 e. The molecule has 1 aliphatic rings. The molecule has 1 saturated heterocycles. The van der Waals surface area contributed by atoms with E-state index in [1.807, 2.05) is 13.8 Å². The third kappa shape index (κ3) is 3.28. The van der Waals surface area contributed by atoms with E-state index in [1.165, 1.54) is 11.3 Å². The van der Waals surface area contributed by atoms with Crippen LogP contribution >= 0.6 is 11.3 Å². The largest absolute Gasteiger partial charge is 0.339 e. The molecule has 23 heavy (non-hydrogen) atoms. The van der Waals surface area contributed by atoms with E-state index in [1.54, 1.807) is 10.3 Å². The van der Waals surface area contributed by atoms with Crippen LogP contribution in [0.25, 0.3) is 0 Å². The fraction of sp³-hybridized carbons (Fsp3) is 0.600. The highest BCUT2D eigenvalue weighted by Gasteiger charge is 2.35. The minimum absolute atomic E-state index is 0.0667. The number of amides is 1. The Morgan fingerprint density at radius 2 is 2.35 bits per heavy atom. The van der Waals surface area contributed by atoms with Gasteiger partial charge in [-0.2, -0.15) is 4.98 Å². The third-order valence-corrected chi connectivity index (χ3v) is 4.80. The van der Waals surface area contributed by atoms with Crippen molar-refractivity contribution in [3.05, 3.63) is 27.8 Å². The molecule has 1 amide bonds. The molecule has 1 unspecified atom stereocenters. The Morgan fingerprint density at radius 3 is 3.04 bits per heavy atom. The van der Waals surface area contributed by atoms with E-state index >= 15 is 0 Å². The first-order chi connectivity index (χ1) is 11.1. The Labute approximate surface area is 138 Å². The lowest BCUT2D eigenvalue weighted by molar-refractivity contribution is 0.0723. The van der Waals surface area contributed by atoms with Crippen LogP contribution in [-0.4, -0.2) is 39.0 Å². The lowest BCUT2D eigenvalue weighted by Gasteiger charge is -2.21. The summed E-state index contributed by atoms with van der Waals surface area (Å²) in [4.78, 5) is 23.4. The first-order valence-corrected chi connectivity index (χ1v) is 8.77. The molecule has 0 bridgehead atoms. The van der Waals surface area contributed by atoms with Crippen molar-refractivity contribution in [1.82, 2.24) is 20.0 Å². The first-order valence-electron chi connectivity index (χ1n) is 7.89. The second-order valence-electron chi connectivity index (χ2n) is 5.97. The molecule has 8 heteroatoms. The van der Waals surface area contributed by atoms with E-state index in [2.05, 4.69) is 15.1 Å². The molecule has 2 aromatic rings. The third-order valence-electron chi connectivity index (χ3n) is 3.89. The van der Waals surface area contributed by atoms with Crippen LogP contribution in [0.2, 0.25) is 0 Å². The number of nitrogens with zero attached hydrogens (tertiary/aromatic N) is 4. The lowest BCUT2D eigenvalue weighted by Crippen LogP contribution is -2.31. The highest BCUT2D eigenvalue weighted by atomic mass is 32.1. The number of hydrogen-bond acceptors (Lipinski definition) is 7. The number of nitrogens with two attached hydrogens (primary N) is 1. The molecule has 0 saturated carbocycles. The summed E-state index contributed by atoms with van der Waals surface area (Å²) in [5.74, 6) is 1.32. The average Bonchev–Trinajstić information content (AvgIpc) is 3.26. The predicted octanol–water partition coefficient (Wildman–Crippen LogP) is 2.13. The van der Waals surface area contributed by atoms with Crippen molar-refractivity contribution in [2.75, 3.05) is 13.1 Å². The zero-order valence-corrected chi connectivity index (χ0v) is 14.2. The number of carbonyl (C=O) groups is 1. The standard InChI is InChI=1S/C15H21N5O2S/c1-9(2)14-18-13(19-22-14)11-4-3-7-20(11)15(21)10-8-23-12(17-10)5-6-16/h8-9,11H,3-7,16H2,1-2H3. The predicted molar refractivity (Wildman–Crippen MR) is 86.3 cm³/mol. The van der Waals surface area contributed by atoms with Crippen molar-refractivity contribution in [3.63, 3.8) is 0 Å². The Morgan fingerprint density at radius 1 is 1.52 bits per heavy atom. The molecule has 7 nitrogen and oxygen atoms in total. The summed E-state index contributed by atoms with van der Waals surface area (Å²) in [5.41, 5.74) is 6.02. The Hall–Kier alpha value is -1.80. The van der Waals surface area contributed by atoms with Crippen LogP contribution < -0.4 is 5.73 Å². The fourth-order valence-corrected chi connectivity index (χ4v) is 3.48. The van der Waals surface area contributed by atoms with Gasteiger partial charge in [-0.25, -0.2) is 4.98 Å². The highest BCUT2D eigenvalue weighted by Crippen LogP contribution is 2.32. The Bertz CT molecular complexity index is 681. The van der Waals surface area contributed by atoms with E-state index in [9.17, 15) is 4.79 Å². The van der Waals surface area contributed by atoms with Gasteiger partial charge in [0.1, 0.15) is 5.69 Å². The lowest BCUT2D eigenvalue weighted by atomic mass is 10.2. The maximum absolute atomic E-state index is 12.7. The SMILES string of the molecule is CC(C)c1nc(C2CCCN2C(=O)c2csc(CCN)n2)no1. The molecule has 2 aromatic heterocycles. The van der Waals surface area contributed by atoms with Crippen LogP contribution in [-0.2, 0) is 6.42 Å². The number of thiazole rings is 1. The molecule has 3 heterocycles. The summed E-state index contributed by atoms with van der Waals surface area (Å²) in [5, 5.41) is 6.77. The highest BCUT2D eigenvalue weighted by molar-refractivity contribution is 7.09. The van der Waals surface area contributed by atoms with Gasteiger partial charge in [-0.15, -0.1) is 11.3 Å². The summed E-state index contributed by atoms with van der Waals surface area (Å²) in [6.45, 7) is 5.24. The molecule has 124 valence electrons. The number of carbonyl (C=O) groups excluding carboxylic acids is 1. The molecule has 0 aromatic carbocycles. The Kier molecular flexibility index (Phi) is 4.72. The second kappa shape index (κ2) is 6.76. The van der Waals surface area contributed by atoms with Gasteiger partial charge in [0.25, 0.3) is 5.91 Å². The van der Waals surface area contributed by atoms with Crippen molar-refractivity contribution in [2.45, 2.75) is 45.1 Å². The van der Waals surface area contributed by atoms with Crippen LogP contribution in [0.1, 0.15) is 65.9 Å². The van der Waals surface area contributed by atoms with Crippen molar-refractivity contribution < 1.29 is 9.32 Å². The molecule has 0 aliphatic carbocycles. The van der Waals surface area contributed by atoms with Gasteiger partial charge >= 0.3 is 0 Å². The molecular weight excluding hydrogens is 314 g/mol. The number of aromatic nitrogens is 3. The van der Waals surface area contributed by atoms with Gasteiger partial charge in [0.2, 0.25) is 5.89 Å². The van der Waals surface area contributed by atoms with Crippen LogP contribution in [0, 0.1) is 0 Å². The van der Waals surface area contributed by atoms with E-state index < -0.39 is 0 Å². The fourth-order valence-electron chi connectivity index (χ4n) is 2.69. The summed E-state index contributed by atoms with van der Waals surface area (Å²) in [6.07, 6.45) is 2.48. The van der Waals surface area contributed by atoms with E-state index in [0.29, 0.717) is 36.9 Å². The van der Waals surface area contributed by atoms with Gasteiger partial charge in [-0.05, 0) is 19.4 Å². The molecule has 2 N–H and O–H groups in total. The monoisotopic (exact) mass is 335 g/mol. The first kappa shape index (κ1) is 16.1. The molecule has 0 radical (unpaired) electrons. The van der Waals surface area contributed by atoms with Crippen LogP contribution in [0.15, 0.2) is 9.90 Å². The van der Waals surface area contributed by atoms with E-state index in [0.717, 1.165) is 17.8 Å². The molecule has 1 fully saturated rings. The zero-order chi connectivity index (χ0) is 16.4. The topological polar surface area (TPSA) is 98.1 Å². The second-order valence-corrected chi connectivity index (χ2v) is 6.91. The van der Waals surface area contributed by atoms with Crippen molar-refractivity contribution >= 4 is 17.2 Å². The summed E-state index contributed by atoms with van der Waals surface area (Å²) >= 11 is 1.48. The molecule has 0 spiro atoms. The maximum Gasteiger partial charge on any atom is 0.273 e. The average molecular weight is 335 g/mol. The molecule has 3 rings (SSSR count). The van der Waals surface area contributed by atoms with Crippen molar-refractivity contribution in [1.29, 1.82) is 0 Å². The summed E-state index contributed by atoms with van der Waals surface area (Å²) in [7, 11) is 0. The maximum atomic E-state index is 12.7. The van der Waals surface area contributed by atoms with Gasteiger partial charge in [-0.1, -0.05) is 19.0 Å². The van der Waals surface area contributed by atoms with Gasteiger partial charge in [0.15, 0.2) is 5.82 Å². The zero-order valence-electron chi connectivity index (χ0n) is 13.4. The quantitative estimate of drug-likeness (QED) is 0.899. The molecule has 1 atom stereocenters. The molecule has 1 aliphatic heterocycles. The van der Waals surface area contributed by atoms with E-state index in [-0.39, 0.29) is 17.9 Å². The number of rotatable bonds is 5. The smallest absolute Gasteiger partial charge is 0.273 e. The number of hydrogen-bond donors (Lipinski definition) is 1. The van der Waals surface area contributed by atoms with Crippen molar-refractivity contribution in [3.8, 4) is 0 Å². The molecular formula is C15H21N5O2S. The minimum atomic E-state index is -0.126. The van der Waals surface area contributed by atoms with Gasteiger partial charge in [0.05, 0.1) is 11.0 Å². The summed E-state index contributed by atoms with van der Waals surface area (Å²) in [6, 6.07) is -0.126. The van der Waals surface area contributed by atoms with Crippen LogP contribution in [0.4, 0.5) is 0 Å². The normalized spacial score (nSPS) is 18.1. The van der Waals surface area contributed by atoms with Crippen LogP contribution in [0.3, 0.4) is 0 Å². The van der Waals surface area contributed by atoms with Crippen molar-refractivity contribution in [2.24, 2.45) is 5.73 Å². The van der Waals surface area contributed by atoms with Gasteiger partial charge < -0.3 is 15.2 Å². The summed E-state index contributed by atoms with van der Waals surface area (Å²) < 4.78 is 5.28. The van der Waals surface area contributed by atoms with Crippen LogP contribution in [0.5, 0.6) is 0 Å². The van der Waals surface area contributed by atoms with E-state index in [4.69, 9.17) is 10.3 Å². The van der Waals surface area contributed by atoms with Gasteiger partial charge in [-0.3, -0.25) is 4.79 Å². The van der Waals surface area contributed by atoms with Gasteiger partial charge in [0, 0.05) is 24.3 Å². The number of likely N-dealkylation sites (tertiary alicyclic amines) is 1. The Balaban J connectivity index is 1.78.